The Morgan fingerprint density at radius 2 is 1.95 bits per heavy atom. The minimum absolute atomic E-state index is 0.00894. The minimum Gasteiger partial charge on any atom is -0.504 e. The van der Waals surface area contributed by atoms with Gasteiger partial charge in [-0.15, -0.1) is 0 Å². The third kappa shape index (κ3) is 3.00. The van der Waals surface area contributed by atoms with E-state index in [1.807, 2.05) is 0 Å². The maximum atomic E-state index is 11.8. The quantitative estimate of drug-likeness (QED) is 0.470. The Balaban J connectivity index is 2.07. The number of rotatable bonds is 5. The summed E-state index contributed by atoms with van der Waals surface area (Å²) in [6, 6.07) is 2.86. The van der Waals surface area contributed by atoms with Crippen LogP contribution in [0.4, 0.5) is 0 Å². The molecule has 1 atom stereocenters. The molecule has 108 valence electrons. The standard InChI is InChI=1S/C13H16N2O5/c14-13(3-4-13)12(20)15-8(11(18)19)5-7-1-2-9(16)10(17)6-7/h1-2,6,8,16-17H,3-5,14H2,(H,15,20)(H,18,19)/t8-/m0/s1. The Bertz CT molecular complexity index is 554. The average Bonchev–Trinajstić information content (AvgIpc) is 3.12. The molecule has 1 aliphatic carbocycles. The molecule has 1 aromatic rings. The first-order chi connectivity index (χ1) is 9.32. The van der Waals surface area contributed by atoms with E-state index in [2.05, 4.69) is 5.32 Å². The van der Waals surface area contributed by atoms with Crippen LogP contribution in [0.25, 0.3) is 0 Å². The predicted octanol–water partition coefficient (Wildman–Crippen LogP) is -0.299. The SMILES string of the molecule is NC1(C(=O)N[C@@H](Cc2ccc(O)c(O)c2)C(=O)O)CC1. The summed E-state index contributed by atoms with van der Waals surface area (Å²) in [5, 5.41) is 30.1. The first-order valence-electron chi connectivity index (χ1n) is 6.15. The molecule has 0 unspecified atom stereocenters. The highest BCUT2D eigenvalue weighted by atomic mass is 16.4. The Hall–Kier alpha value is -2.28. The number of nitrogens with one attached hydrogen (secondary N) is 1. The monoisotopic (exact) mass is 280 g/mol. The molecule has 7 heteroatoms. The lowest BCUT2D eigenvalue weighted by Crippen LogP contribution is -2.50. The van der Waals surface area contributed by atoms with Crippen molar-refractivity contribution >= 4 is 11.9 Å². The maximum Gasteiger partial charge on any atom is 0.326 e. The number of nitrogens with two attached hydrogens (primary N) is 1. The number of phenolic OH excluding ortho intramolecular Hbond substituents is 2. The molecular formula is C13H16N2O5. The molecule has 1 aliphatic rings. The zero-order valence-corrected chi connectivity index (χ0v) is 10.7. The number of aliphatic carboxylic acids is 1. The van der Waals surface area contributed by atoms with Crippen LogP contribution in [0, 0.1) is 0 Å². The number of phenols is 2. The van der Waals surface area contributed by atoms with Crippen LogP contribution in [-0.4, -0.2) is 38.8 Å². The summed E-state index contributed by atoms with van der Waals surface area (Å²) in [6.45, 7) is 0. The fraction of sp³-hybridized carbons (Fsp3) is 0.385. The summed E-state index contributed by atoms with van der Waals surface area (Å²) in [5.41, 5.74) is 5.24. The highest BCUT2D eigenvalue weighted by Gasteiger charge is 2.46. The van der Waals surface area contributed by atoms with Crippen LogP contribution in [0.1, 0.15) is 18.4 Å². The van der Waals surface area contributed by atoms with Gasteiger partial charge in [-0.1, -0.05) is 6.07 Å². The molecule has 0 saturated heterocycles. The Labute approximate surface area is 115 Å². The average molecular weight is 280 g/mol. The zero-order valence-electron chi connectivity index (χ0n) is 10.7. The van der Waals surface area contributed by atoms with Crippen molar-refractivity contribution in [1.82, 2.24) is 5.32 Å². The van der Waals surface area contributed by atoms with Crippen molar-refractivity contribution < 1.29 is 24.9 Å². The third-order valence-corrected chi connectivity index (χ3v) is 3.32. The molecule has 1 aromatic carbocycles. The smallest absolute Gasteiger partial charge is 0.326 e. The topological polar surface area (TPSA) is 133 Å². The zero-order chi connectivity index (χ0) is 14.9. The van der Waals surface area contributed by atoms with Gasteiger partial charge in [0.1, 0.15) is 6.04 Å². The first kappa shape index (κ1) is 14.1. The Kier molecular flexibility index (Phi) is 3.54. The largest absolute Gasteiger partial charge is 0.504 e. The number of hydrogen-bond donors (Lipinski definition) is 5. The maximum absolute atomic E-state index is 11.8. The van der Waals surface area contributed by atoms with E-state index in [1.165, 1.54) is 18.2 Å². The lowest BCUT2D eigenvalue weighted by atomic mass is 10.0. The molecular weight excluding hydrogens is 264 g/mol. The molecule has 0 heterocycles. The van der Waals surface area contributed by atoms with Crippen LogP contribution in [0.3, 0.4) is 0 Å². The molecule has 0 bridgehead atoms. The van der Waals surface area contributed by atoms with Crippen molar-refractivity contribution in [2.75, 3.05) is 0 Å². The van der Waals surface area contributed by atoms with Gasteiger partial charge in [-0.3, -0.25) is 4.79 Å². The van der Waals surface area contributed by atoms with Crippen LogP contribution >= 0.6 is 0 Å². The van der Waals surface area contributed by atoms with E-state index < -0.39 is 23.5 Å². The van der Waals surface area contributed by atoms with Crippen molar-refractivity contribution in [3.8, 4) is 11.5 Å². The Morgan fingerprint density at radius 1 is 1.30 bits per heavy atom. The van der Waals surface area contributed by atoms with Gasteiger partial charge >= 0.3 is 5.97 Å². The fourth-order valence-electron chi connectivity index (χ4n) is 1.80. The summed E-state index contributed by atoms with van der Waals surface area (Å²) in [4.78, 5) is 22.9. The molecule has 1 saturated carbocycles. The molecule has 6 N–H and O–H groups in total. The van der Waals surface area contributed by atoms with Gasteiger partial charge in [0.05, 0.1) is 5.54 Å². The second kappa shape index (κ2) is 5.01. The summed E-state index contributed by atoms with van der Waals surface area (Å²) in [6.07, 6.45) is 1.08. The number of carboxylic acids is 1. The number of carbonyl (C=O) groups is 2. The van der Waals surface area contributed by atoms with Crippen LogP contribution < -0.4 is 11.1 Å². The third-order valence-electron chi connectivity index (χ3n) is 3.32. The highest BCUT2D eigenvalue weighted by Crippen LogP contribution is 2.32. The van der Waals surface area contributed by atoms with E-state index in [1.54, 1.807) is 0 Å². The molecule has 0 radical (unpaired) electrons. The van der Waals surface area contributed by atoms with Gasteiger partial charge < -0.3 is 26.4 Å². The number of hydrogen-bond acceptors (Lipinski definition) is 5. The van der Waals surface area contributed by atoms with Crippen molar-refractivity contribution in [2.24, 2.45) is 5.73 Å². The second-order valence-electron chi connectivity index (χ2n) is 5.05. The minimum atomic E-state index is -1.19. The van der Waals surface area contributed by atoms with Crippen molar-refractivity contribution in [3.63, 3.8) is 0 Å². The Morgan fingerprint density at radius 3 is 2.45 bits per heavy atom. The van der Waals surface area contributed by atoms with Gasteiger partial charge in [0, 0.05) is 6.42 Å². The first-order valence-corrected chi connectivity index (χ1v) is 6.15. The summed E-state index contributed by atoms with van der Waals surface area (Å²) in [7, 11) is 0. The van der Waals surface area contributed by atoms with E-state index in [4.69, 9.17) is 10.8 Å². The van der Waals surface area contributed by atoms with Crippen molar-refractivity contribution in [1.29, 1.82) is 0 Å². The van der Waals surface area contributed by atoms with Gasteiger partial charge in [-0.05, 0) is 30.5 Å². The molecule has 7 nitrogen and oxygen atoms in total. The van der Waals surface area contributed by atoms with Gasteiger partial charge in [0.15, 0.2) is 11.5 Å². The lowest BCUT2D eigenvalue weighted by Gasteiger charge is -2.17. The van der Waals surface area contributed by atoms with Crippen LogP contribution in [0.2, 0.25) is 0 Å². The molecule has 1 fully saturated rings. The van der Waals surface area contributed by atoms with Crippen molar-refractivity contribution in [2.45, 2.75) is 30.8 Å². The van der Waals surface area contributed by atoms with E-state index in [9.17, 15) is 19.8 Å². The molecule has 0 spiro atoms. The highest BCUT2D eigenvalue weighted by molar-refractivity contribution is 5.92. The fourth-order valence-corrected chi connectivity index (χ4v) is 1.80. The summed E-state index contributed by atoms with van der Waals surface area (Å²) >= 11 is 0. The van der Waals surface area contributed by atoms with E-state index in [0.717, 1.165) is 0 Å². The van der Waals surface area contributed by atoms with Crippen LogP contribution in [0.5, 0.6) is 11.5 Å². The van der Waals surface area contributed by atoms with E-state index >= 15 is 0 Å². The van der Waals surface area contributed by atoms with Crippen LogP contribution in [0.15, 0.2) is 18.2 Å². The number of aromatic hydroxyl groups is 2. The van der Waals surface area contributed by atoms with Crippen LogP contribution in [-0.2, 0) is 16.0 Å². The number of benzene rings is 1. The van der Waals surface area contributed by atoms with Crippen molar-refractivity contribution in [3.05, 3.63) is 23.8 Å². The molecule has 20 heavy (non-hydrogen) atoms. The molecule has 0 aromatic heterocycles. The normalized spacial score (nSPS) is 17.2. The van der Waals surface area contributed by atoms with Gasteiger partial charge in [0.2, 0.25) is 5.91 Å². The number of carbonyl (C=O) groups excluding carboxylic acids is 1. The van der Waals surface area contributed by atoms with Gasteiger partial charge in [-0.2, -0.15) is 0 Å². The number of carboxylic acid groups (broad SMARTS) is 1. The van der Waals surface area contributed by atoms with Gasteiger partial charge in [0.25, 0.3) is 0 Å². The molecule has 2 rings (SSSR count). The molecule has 0 aliphatic heterocycles. The number of amides is 1. The molecule has 1 amide bonds. The van der Waals surface area contributed by atoms with E-state index in [0.29, 0.717) is 18.4 Å². The summed E-state index contributed by atoms with van der Waals surface area (Å²) in [5.74, 6) is -2.29. The lowest BCUT2D eigenvalue weighted by molar-refractivity contribution is -0.142. The van der Waals surface area contributed by atoms with Gasteiger partial charge in [-0.25, -0.2) is 4.79 Å². The summed E-state index contributed by atoms with van der Waals surface area (Å²) < 4.78 is 0. The second-order valence-corrected chi connectivity index (χ2v) is 5.05. The van der Waals surface area contributed by atoms with E-state index in [-0.39, 0.29) is 17.9 Å². The predicted molar refractivity (Wildman–Crippen MR) is 69.2 cm³/mol.